The SMILES string of the molecule is O=C(C1CCCC1)N1CC[C@@]2(O)CCNC[C@H]2C1. The predicted molar refractivity (Wildman–Crippen MR) is 69.1 cm³/mol. The quantitative estimate of drug-likeness (QED) is 0.724. The molecular formula is C14H24N2O2. The number of amides is 1. The van der Waals surface area contributed by atoms with Crippen LogP contribution in [-0.4, -0.2) is 47.7 Å². The van der Waals surface area contributed by atoms with Crippen LogP contribution in [0.3, 0.4) is 0 Å². The summed E-state index contributed by atoms with van der Waals surface area (Å²) in [6.45, 7) is 3.26. The summed E-state index contributed by atoms with van der Waals surface area (Å²) in [6.07, 6.45) is 6.16. The van der Waals surface area contributed by atoms with Gasteiger partial charge in [0, 0.05) is 31.5 Å². The zero-order chi connectivity index (χ0) is 12.6. The molecule has 2 saturated heterocycles. The van der Waals surface area contributed by atoms with Crippen LogP contribution in [0.25, 0.3) is 0 Å². The molecule has 3 aliphatic rings. The zero-order valence-electron chi connectivity index (χ0n) is 11.0. The fourth-order valence-corrected chi connectivity index (χ4v) is 3.86. The summed E-state index contributed by atoms with van der Waals surface area (Å²) in [4.78, 5) is 14.4. The lowest BCUT2D eigenvalue weighted by atomic mass is 9.76. The van der Waals surface area contributed by atoms with Crippen molar-refractivity contribution >= 4 is 5.91 Å². The topological polar surface area (TPSA) is 52.6 Å². The summed E-state index contributed by atoms with van der Waals surface area (Å²) >= 11 is 0. The third-order valence-electron chi connectivity index (χ3n) is 5.16. The highest BCUT2D eigenvalue weighted by Crippen LogP contribution is 2.35. The van der Waals surface area contributed by atoms with Crippen molar-refractivity contribution in [2.75, 3.05) is 26.2 Å². The Bertz CT molecular complexity index is 328. The van der Waals surface area contributed by atoms with Gasteiger partial charge in [-0.25, -0.2) is 0 Å². The van der Waals surface area contributed by atoms with Crippen LogP contribution in [0.15, 0.2) is 0 Å². The van der Waals surface area contributed by atoms with Gasteiger partial charge in [-0.2, -0.15) is 0 Å². The number of fused-ring (bicyclic) bond motifs is 1. The summed E-state index contributed by atoms with van der Waals surface area (Å²) in [5, 5.41) is 13.9. The maximum Gasteiger partial charge on any atom is 0.225 e. The van der Waals surface area contributed by atoms with Crippen LogP contribution < -0.4 is 5.32 Å². The van der Waals surface area contributed by atoms with Crippen molar-refractivity contribution in [3.05, 3.63) is 0 Å². The number of aliphatic hydroxyl groups is 1. The van der Waals surface area contributed by atoms with Crippen LogP contribution in [0, 0.1) is 11.8 Å². The van der Waals surface area contributed by atoms with Crippen LogP contribution in [0.4, 0.5) is 0 Å². The molecule has 4 heteroatoms. The highest BCUT2D eigenvalue weighted by molar-refractivity contribution is 5.79. The maximum absolute atomic E-state index is 12.4. The van der Waals surface area contributed by atoms with Crippen molar-refractivity contribution < 1.29 is 9.90 Å². The van der Waals surface area contributed by atoms with Gasteiger partial charge < -0.3 is 15.3 Å². The van der Waals surface area contributed by atoms with Gasteiger partial charge in [-0.05, 0) is 32.2 Å². The first-order chi connectivity index (χ1) is 8.69. The normalized spacial score (nSPS) is 37.6. The lowest BCUT2D eigenvalue weighted by molar-refractivity contribution is -0.146. The Kier molecular flexibility index (Phi) is 3.32. The van der Waals surface area contributed by atoms with Gasteiger partial charge in [-0.3, -0.25) is 4.79 Å². The van der Waals surface area contributed by atoms with E-state index in [4.69, 9.17) is 0 Å². The first kappa shape index (κ1) is 12.4. The first-order valence-corrected chi connectivity index (χ1v) is 7.41. The Morgan fingerprint density at radius 1 is 1.28 bits per heavy atom. The molecule has 1 aliphatic carbocycles. The van der Waals surface area contributed by atoms with Gasteiger partial charge in [0.15, 0.2) is 0 Å². The minimum Gasteiger partial charge on any atom is -0.389 e. The van der Waals surface area contributed by atoms with E-state index in [1.807, 2.05) is 4.90 Å². The van der Waals surface area contributed by atoms with Gasteiger partial charge in [-0.1, -0.05) is 12.8 Å². The van der Waals surface area contributed by atoms with E-state index in [2.05, 4.69) is 5.32 Å². The second kappa shape index (κ2) is 4.82. The van der Waals surface area contributed by atoms with E-state index in [1.165, 1.54) is 12.8 Å². The number of carbonyl (C=O) groups excluding carboxylic acids is 1. The molecule has 0 radical (unpaired) electrons. The first-order valence-electron chi connectivity index (χ1n) is 7.41. The van der Waals surface area contributed by atoms with E-state index in [-0.39, 0.29) is 11.8 Å². The molecule has 2 N–H and O–H groups in total. The van der Waals surface area contributed by atoms with E-state index >= 15 is 0 Å². The highest BCUT2D eigenvalue weighted by Gasteiger charge is 2.44. The Balaban J connectivity index is 1.64. The van der Waals surface area contributed by atoms with Crippen LogP contribution >= 0.6 is 0 Å². The third-order valence-corrected chi connectivity index (χ3v) is 5.16. The third kappa shape index (κ3) is 2.16. The molecule has 0 aromatic rings. The van der Waals surface area contributed by atoms with Crippen LogP contribution in [0.2, 0.25) is 0 Å². The lowest BCUT2D eigenvalue weighted by Crippen LogP contribution is -2.60. The van der Waals surface area contributed by atoms with Gasteiger partial charge in [0.25, 0.3) is 0 Å². The molecule has 18 heavy (non-hydrogen) atoms. The minimum absolute atomic E-state index is 0.227. The summed E-state index contributed by atoms with van der Waals surface area (Å²) in [5.74, 6) is 0.846. The molecule has 2 atom stereocenters. The maximum atomic E-state index is 12.4. The Morgan fingerprint density at radius 2 is 2.06 bits per heavy atom. The molecule has 102 valence electrons. The molecule has 3 rings (SSSR count). The lowest BCUT2D eigenvalue weighted by Gasteiger charge is -2.48. The molecule has 2 aliphatic heterocycles. The van der Waals surface area contributed by atoms with Gasteiger partial charge in [0.2, 0.25) is 5.91 Å². The largest absolute Gasteiger partial charge is 0.389 e. The van der Waals surface area contributed by atoms with Crippen molar-refractivity contribution in [3.8, 4) is 0 Å². The summed E-state index contributed by atoms with van der Waals surface area (Å²) in [5.41, 5.74) is -0.516. The van der Waals surface area contributed by atoms with Gasteiger partial charge in [0.05, 0.1) is 5.60 Å². The highest BCUT2D eigenvalue weighted by atomic mass is 16.3. The van der Waals surface area contributed by atoms with E-state index in [9.17, 15) is 9.90 Å². The van der Waals surface area contributed by atoms with E-state index < -0.39 is 5.60 Å². The van der Waals surface area contributed by atoms with Crippen molar-refractivity contribution in [2.45, 2.75) is 44.1 Å². The van der Waals surface area contributed by atoms with Crippen molar-refractivity contribution in [3.63, 3.8) is 0 Å². The smallest absolute Gasteiger partial charge is 0.225 e. The second-order valence-electron chi connectivity index (χ2n) is 6.27. The Morgan fingerprint density at radius 3 is 2.83 bits per heavy atom. The summed E-state index contributed by atoms with van der Waals surface area (Å²) in [7, 11) is 0. The minimum atomic E-state index is -0.516. The number of hydrogen-bond acceptors (Lipinski definition) is 3. The molecule has 0 spiro atoms. The van der Waals surface area contributed by atoms with Crippen LogP contribution in [0.5, 0.6) is 0 Å². The molecule has 2 heterocycles. The predicted octanol–water partition coefficient (Wildman–Crippen LogP) is 0.749. The number of rotatable bonds is 1. The van der Waals surface area contributed by atoms with Gasteiger partial charge in [-0.15, -0.1) is 0 Å². The standard InChI is InChI=1S/C14H24N2O2/c17-13(11-3-1-2-4-11)16-8-6-14(18)5-7-15-9-12(14)10-16/h11-12,15,18H,1-10H2/t12-,14-/m0/s1. The number of likely N-dealkylation sites (tertiary alicyclic amines) is 1. The van der Waals surface area contributed by atoms with Crippen LogP contribution in [-0.2, 0) is 4.79 Å². The average Bonchev–Trinajstić information content (AvgIpc) is 2.90. The molecule has 0 unspecified atom stereocenters. The van der Waals surface area contributed by atoms with E-state index in [0.717, 1.165) is 51.9 Å². The fourth-order valence-electron chi connectivity index (χ4n) is 3.86. The second-order valence-corrected chi connectivity index (χ2v) is 6.27. The molecule has 3 fully saturated rings. The van der Waals surface area contributed by atoms with Crippen LogP contribution in [0.1, 0.15) is 38.5 Å². The van der Waals surface area contributed by atoms with Crippen molar-refractivity contribution in [2.24, 2.45) is 11.8 Å². The monoisotopic (exact) mass is 252 g/mol. The summed E-state index contributed by atoms with van der Waals surface area (Å²) in [6, 6.07) is 0. The van der Waals surface area contributed by atoms with Crippen molar-refractivity contribution in [1.29, 1.82) is 0 Å². The number of hydrogen-bond donors (Lipinski definition) is 2. The number of carbonyl (C=O) groups is 1. The molecule has 1 amide bonds. The molecule has 1 saturated carbocycles. The average molecular weight is 252 g/mol. The molecule has 0 aromatic heterocycles. The summed E-state index contributed by atoms with van der Waals surface area (Å²) < 4.78 is 0. The van der Waals surface area contributed by atoms with Gasteiger partial charge >= 0.3 is 0 Å². The zero-order valence-corrected chi connectivity index (χ0v) is 11.0. The molecular weight excluding hydrogens is 228 g/mol. The molecule has 4 nitrogen and oxygen atoms in total. The Hall–Kier alpha value is -0.610. The number of nitrogens with zero attached hydrogens (tertiary/aromatic N) is 1. The Labute approximate surface area is 109 Å². The number of piperidine rings is 2. The van der Waals surface area contributed by atoms with E-state index in [0.29, 0.717) is 5.91 Å². The van der Waals surface area contributed by atoms with E-state index in [1.54, 1.807) is 0 Å². The number of nitrogens with one attached hydrogen (secondary N) is 1. The molecule has 0 bridgehead atoms. The van der Waals surface area contributed by atoms with Gasteiger partial charge in [0.1, 0.15) is 0 Å². The fraction of sp³-hybridized carbons (Fsp3) is 0.929. The molecule has 0 aromatic carbocycles. The van der Waals surface area contributed by atoms with Crippen molar-refractivity contribution in [1.82, 2.24) is 10.2 Å².